The molecule has 0 saturated carbocycles. The number of ether oxygens (including phenoxy) is 1. The number of nitrogens with zero attached hydrogens (tertiary/aromatic N) is 5. The predicted octanol–water partition coefficient (Wildman–Crippen LogP) is 5.87. The Balaban J connectivity index is 1.48. The Hall–Kier alpha value is -2.39. The second-order valence-electron chi connectivity index (χ2n) is 7.42. The summed E-state index contributed by atoms with van der Waals surface area (Å²) in [5, 5.41) is 13.5. The Morgan fingerprint density at radius 3 is 2.56 bits per heavy atom. The second-order valence-corrected chi connectivity index (χ2v) is 9.74. The van der Waals surface area contributed by atoms with Gasteiger partial charge in [0.2, 0.25) is 0 Å². The van der Waals surface area contributed by atoms with Crippen LogP contribution < -0.4 is 4.74 Å². The van der Waals surface area contributed by atoms with Crippen LogP contribution in [0.4, 0.5) is 0 Å². The molecule has 0 aliphatic rings. The lowest BCUT2D eigenvalue weighted by atomic mass is 10.2. The minimum atomic E-state index is 0.105. The molecule has 1 unspecified atom stereocenters. The van der Waals surface area contributed by atoms with Crippen LogP contribution in [0.2, 0.25) is 5.02 Å². The molecule has 0 radical (unpaired) electrons. The molecule has 166 valence electrons. The van der Waals surface area contributed by atoms with Gasteiger partial charge in [0, 0.05) is 21.8 Å². The van der Waals surface area contributed by atoms with E-state index in [2.05, 4.69) is 32.0 Å². The third-order valence-electron chi connectivity index (χ3n) is 4.95. The van der Waals surface area contributed by atoms with E-state index in [1.54, 1.807) is 23.1 Å². The molecule has 2 heterocycles. The SMILES string of the molecule is CC(c1nnc(SCc2csc(COc3ccccc3)n2)n1-c1ccc(Cl)cc1)N(C)C. The predicted molar refractivity (Wildman–Crippen MR) is 131 cm³/mol. The van der Waals surface area contributed by atoms with Gasteiger partial charge < -0.3 is 4.74 Å². The maximum atomic E-state index is 6.10. The van der Waals surface area contributed by atoms with Crippen molar-refractivity contribution in [2.24, 2.45) is 0 Å². The number of hydrogen-bond donors (Lipinski definition) is 0. The fraction of sp³-hybridized carbons (Fsp3) is 0.261. The summed E-state index contributed by atoms with van der Waals surface area (Å²) in [4.78, 5) is 6.83. The zero-order chi connectivity index (χ0) is 22.5. The fourth-order valence-electron chi connectivity index (χ4n) is 2.99. The first-order chi connectivity index (χ1) is 15.5. The Morgan fingerprint density at radius 2 is 1.84 bits per heavy atom. The average Bonchev–Trinajstić information content (AvgIpc) is 3.44. The van der Waals surface area contributed by atoms with Gasteiger partial charge in [-0.3, -0.25) is 9.47 Å². The lowest BCUT2D eigenvalue weighted by Gasteiger charge is -2.20. The quantitative estimate of drug-likeness (QED) is 0.276. The van der Waals surface area contributed by atoms with Gasteiger partial charge in [-0.15, -0.1) is 21.5 Å². The highest BCUT2D eigenvalue weighted by atomic mass is 35.5. The van der Waals surface area contributed by atoms with Crippen molar-refractivity contribution in [3.63, 3.8) is 0 Å². The van der Waals surface area contributed by atoms with E-state index in [1.165, 1.54) is 0 Å². The Morgan fingerprint density at radius 1 is 1.09 bits per heavy atom. The number of benzene rings is 2. The molecule has 0 amide bonds. The molecule has 1 atom stereocenters. The van der Waals surface area contributed by atoms with Crippen LogP contribution in [0.15, 0.2) is 65.1 Å². The fourth-order valence-corrected chi connectivity index (χ4v) is 4.78. The summed E-state index contributed by atoms with van der Waals surface area (Å²) in [6.45, 7) is 2.58. The molecule has 0 N–H and O–H groups in total. The van der Waals surface area contributed by atoms with Crippen molar-refractivity contribution >= 4 is 34.7 Å². The lowest BCUT2D eigenvalue weighted by Crippen LogP contribution is -2.20. The van der Waals surface area contributed by atoms with Crippen molar-refractivity contribution in [3.8, 4) is 11.4 Å². The molecule has 0 fully saturated rings. The van der Waals surface area contributed by atoms with Gasteiger partial charge >= 0.3 is 0 Å². The minimum Gasteiger partial charge on any atom is -0.486 e. The van der Waals surface area contributed by atoms with Crippen LogP contribution in [-0.2, 0) is 12.4 Å². The van der Waals surface area contributed by atoms with Crippen LogP contribution in [0, 0.1) is 0 Å². The van der Waals surface area contributed by atoms with Gasteiger partial charge in [-0.05, 0) is 57.4 Å². The summed E-state index contributed by atoms with van der Waals surface area (Å²) in [5.41, 5.74) is 1.99. The maximum Gasteiger partial charge on any atom is 0.196 e. The summed E-state index contributed by atoms with van der Waals surface area (Å²) < 4.78 is 7.90. The molecular formula is C23H24ClN5OS2. The van der Waals surface area contributed by atoms with E-state index in [0.29, 0.717) is 17.4 Å². The third kappa shape index (κ3) is 5.50. The molecule has 0 bridgehead atoms. The van der Waals surface area contributed by atoms with E-state index in [-0.39, 0.29) is 6.04 Å². The van der Waals surface area contributed by atoms with Crippen LogP contribution in [0.5, 0.6) is 5.75 Å². The zero-order valence-corrected chi connectivity index (χ0v) is 20.5. The highest BCUT2D eigenvalue weighted by molar-refractivity contribution is 7.98. The third-order valence-corrected chi connectivity index (χ3v) is 7.03. The van der Waals surface area contributed by atoms with Crippen LogP contribution in [-0.4, -0.2) is 38.7 Å². The molecule has 32 heavy (non-hydrogen) atoms. The summed E-state index contributed by atoms with van der Waals surface area (Å²) in [6.07, 6.45) is 0. The summed E-state index contributed by atoms with van der Waals surface area (Å²) in [5.74, 6) is 2.43. The van der Waals surface area contributed by atoms with Crippen molar-refractivity contribution in [3.05, 3.63) is 81.5 Å². The summed E-state index contributed by atoms with van der Waals surface area (Å²) >= 11 is 9.33. The Kier molecular flexibility index (Phi) is 7.47. The Bertz CT molecular complexity index is 1140. The first kappa shape index (κ1) is 22.8. The zero-order valence-electron chi connectivity index (χ0n) is 18.1. The van der Waals surface area contributed by atoms with Gasteiger partial charge in [-0.25, -0.2) is 4.98 Å². The minimum absolute atomic E-state index is 0.105. The number of hydrogen-bond acceptors (Lipinski definition) is 7. The number of aromatic nitrogens is 4. The molecule has 0 saturated heterocycles. The van der Waals surface area contributed by atoms with Crippen LogP contribution in [0.25, 0.3) is 5.69 Å². The number of thioether (sulfide) groups is 1. The van der Waals surface area contributed by atoms with Crippen LogP contribution >= 0.6 is 34.7 Å². The molecule has 4 aromatic rings. The van der Waals surface area contributed by atoms with Gasteiger partial charge in [-0.2, -0.15) is 0 Å². The van der Waals surface area contributed by atoms with E-state index < -0.39 is 0 Å². The van der Waals surface area contributed by atoms with Crippen molar-refractivity contribution in [2.45, 2.75) is 30.5 Å². The molecule has 0 aliphatic carbocycles. The van der Waals surface area contributed by atoms with Gasteiger partial charge in [0.15, 0.2) is 11.0 Å². The summed E-state index contributed by atoms with van der Waals surface area (Å²) in [6, 6.07) is 17.6. The maximum absolute atomic E-state index is 6.10. The van der Waals surface area contributed by atoms with Gasteiger partial charge in [0.1, 0.15) is 17.4 Å². The van der Waals surface area contributed by atoms with E-state index in [0.717, 1.165) is 33.1 Å². The second kappa shape index (κ2) is 10.5. The topological polar surface area (TPSA) is 56.1 Å². The number of para-hydroxylation sites is 1. The normalized spacial score (nSPS) is 12.3. The first-order valence-corrected chi connectivity index (χ1v) is 12.4. The highest BCUT2D eigenvalue weighted by Crippen LogP contribution is 2.29. The van der Waals surface area contributed by atoms with E-state index in [1.807, 2.05) is 68.7 Å². The van der Waals surface area contributed by atoms with Gasteiger partial charge in [0.05, 0.1) is 11.7 Å². The van der Waals surface area contributed by atoms with Crippen molar-refractivity contribution in [1.82, 2.24) is 24.6 Å². The average molecular weight is 486 g/mol. The monoisotopic (exact) mass is 485 g/mol. The lowest BCUT2D eigenvalue weighted by molar-refractivity contribution is 0.305. The van der Waals surface area contributed by atoms with Crippen LogP contribution in [0.3, 0.4) is 0 Å². The molecular weight excluding hydrogens is 462 g/mol. The number of halogens is 1. The van der Waals surface area contributed by atoms with Crippen LogP contribution in [0.1, 0.15) is 29.5 Å². The van der Waals surface area contributed by atoms with Crippen molar-refractivity contribution < 1.29 is 4.74 Å². The molecule has 6 nitrogen and oxygen atoms in total. The van der Waals surface area contributed by atoms with Gasteiger partial charge in [-0.1, -0.05) is 41.6 Å². The molecule has 9 heteroatoms. The van der Waals surface area contributed by atoms with Gasteiger partial charge in [0.25, 0.3) is 0 Å². The molecule has 4 rings (SSSR count). The smallest absolute Gasteiger partial charge is 0.196 e. The number of thiazole rings is 1. The van der Waals surface area contributed by atoms with Crippen molar-refractivity contribution in [1.29, 1.82) is 0 Å². The van der Waals surface area contributed by atoms with E-state index in [4.69, 9.17) is 21.3 Å². The number of rotatable bonds is 9. The van der Waals surface area contributed by atoms with Crippen molar-refractivity contribution in [2.75, 3.05) is 14.1 Å². The first-order valence-electron chi connectivity index (χ1n) is 10.1. The molecule has 0 aliphatic heterocycles. The van der Waals surface area contributed by atoms with E-state index in [9.17, 15) is 0 Å². The summed E-state index contributed by atoms with van der Waals surface area (Å²) in [7, 11) is 4.07. The highest BCUT2D eigenvalue weighted by Gasteiger charge is 2.21. The standard InChI is InChI=1S/C23H24ClN5OS2/c1-16(28(2)3)22-26-27-23(29(22)19-11-9-17(24)10-12-19)32-15-18-14-31-21(25-18)13-30-20-7-5-4-6-8-20/h4-12,14,16H,13,15H2,1-3H3. The van der Waals surface area contributed by atoms with E-state index >= 15 is 0 Å². The molecule has 0 spiro atoms. The Labute approximate surface area is 201 Å². The molecule has 2 aromatic carbocycles. The molecule has 2 aromatic heterocycles. The largest absolute Gasteiger partial charge is 0.486 e.